The van der Waals surface area contributed by atoms with Crippen molar-refractivity contribution in [2.75, 3.05) is 5.32 Å². The summed E-state index contributed by atoms with van der Waals surface area (Å²) in [6.45, 7) is 8.17. The fourth-order valence-corrected chi connectivity index (χ4v) is 2.27. The lowest BCUT2D eigenvalue weighted by atomic mass is 9.88. The lowest BCUT2D eigenvalue weighted by Gasteiger charge is -2.29. The van der Waals surface area contributed by atoms with E-state index in [-0.39, 0.29) is 22.9 Å². The normalized spacial score (nSPS) is 13.2. The lowest BCUT2D eigenvalue weighted by Crippen LogP contribution is -2.31. The first kappa shape index (κ1) is 17.2. The second kappa shape index (κ2) is 6.02. The van der Waals surface area contributed by atoms with Crippen LogP contribution in [0.15, 0.2) is 24.5 Å². The molecule has 2 heterocycles. The Hall–Kier alpha value is -2.64. The molecular weight excluding hydrogens is 331 g/mol. The summed E-state index contributed by atoms with van der Waals surface area (Å²) in [5, 5.41) is 7.35. The third kappa shape index (κ3) is 3.29. The highest BCUT2D eigenvalue weighted by Crippen LogP contribution is 2.29. The van der Waals surface area contributed by atoms with Crippen molar-refractivity contribution in [3.8, 4) is 11.3 Å². The largest absolute Gasteiger partial charge is 0.367 e. The van der Waals surface area contributed by atoms with Crippen molar-refractivity contribution in [2.24, 2.45) is 5.41 Å². The Balaban J connectivity index is 2.16. The van der Waals surface area contributed by atoms with Gasteiger partial charge in [-0.3, -0.25) is 0 Å². The van der Waals surface area contributed by atoms with Crippen LogP contribution in [0, 0.1) is 22.9 Å². The van der Waals surface area contributed by atoms with Crippen LogP contribution in [0.4, 0.5) is 19.0 Å². The predicted octanol–water partition coefficient (Wildman–Crippen LogP) is 4.06. The molecule has 0 saturated carbocycles. The van der Waals surface area contributed by atoms with E-state index in [1.807, 2.05) is 6.92 Å². The van der Waals surface area contributed by atoms with E-state index in [1.54, 1.807) is 0 Å². The Morgan fingerprint density at radius 2 is 1.72 bits per heavy atom. The van der Waals surface area contributed by atoms with Crippen LogP contribution in [-0.4, -0.2) is 25.6 Å². The summed E-state index contributed by atoms with van der Waals surface area (Å²) in [5.41, 5.74) is -0.458. The average Bonchev–Trinajstić information content (AvgIpc) is 2.93. The molecule has 3 rings (SSSR count). The van der Waals surface area contributed by atoms with Gasteiger partial charge in [0.15, 0.2) is 0 Å². The topological polar surface area (TPSA) is 55.1 Å². The molecule has 1 aromatic carbocycles. The molecule has 0 spiro atoms. The second-order valence-electron chi connectivity index (χ2n) is 6.97. The maximum absolute atomic E-state index is 14.1. The third-order valence-corrected chi connectivity index (χ3v) is 4.18. The van der Waals surface area contributed by atoms with Crippen LogP contribution in [0.25, 0.3) is 17.0 Å². The molecule has 0 amide bonds. The predicted molar refractivity (Wildman–Crippen MR) is 88.6 cm³/mol. The maximum Gasteiger partial charge on any atom is 0.254 e. The number of aromatic nitrogens is 4. The Bertz CT molecular complexity index is 907. The minimum atomic E-state index is -1.02. The molecular formula is C17H18F3N5. The summed E-state index contributed by atoms with van der Waals surface area (Å²) in [6, 6.07) is 2.75. The van der Waals surface area contributed by atoms with Crippen LogP contribution < -0.4 is 5.32 Å². The molecule has 0 saturated heterocycles. The number of fused-ring (bicyclic) bond motifs is 1. The highest BCUT2D eigenvalue weighted by atomic mass is 19.1. The summed E-state index contributed by atoms with van der Waals surface area (Å²) in [7, 11) is 0. The van der Waals surface area contributed by atoms with Gasteiger partial charge in [0.25, 0.3) is 5.78 Å². The summed E-state index contributed by atoms with van der Waals surface area (Å²) in [4.78, 5) is 8.13. The third-order valence-electron chi connectivity index (χ3n) is 4.18. The van der Waals surface area contributed by atoms with E-state index in [0.717, 1.165) is 0 Å². The van der Waals surface area contributed by atoms with Gasteiger partial charge in [-0.15, -0.1) is 0 Å². The van der Waals surface area contributed by atoms with Crippen molar-refractivity contribution in [1.29, 1.82) is 0 Å². The Morgan fingerprint density at radius 1 is 1.08 bits per heavy atom. The number of nitrogens with zero attached hydrogens (tertiary/aromatic N) is 4. The number of halogens is 3. The first-order valence-corrected chi connectivity index (χ1v) is 7.79. The quantitative estimate of drug-likeness (QED) is 0.775. The van der Waals surface area contributed by atoms with Crippen LogP contribution in [0.3, 0.4) is 0 Å². The summed E-state index contributed by atoms with van der Waals surface area (Å²) in [6.07, 6.45) is 1.30. The monoisotopic (exact) mass is 349 g/mol. The fourth-order valence-electron chi connectivity index (χ4n) is 2.27. The molecule has 0 aliphatic rings. The average molecular weight is 349 g/mol. The van der Waals surface area contributed by atoms with Gasteiger partial charge in [-0.05, 0) is 12.3 Å². The van der Waals surface area contributed by atoms with Crippen molar-refractivity contribution >= 4 is 11.6 Å². The van der Waals surface area contributed by atoms with Gasteiger partial charge in [0, 0.05) is 24.2 Å². The molecule has 0 radical (unpaired) electrons. The molecule has 8 heteroatoms. The molecule has 5 nitrogen and oxygen atoms in total. The SMILES string of the molecule is C[C@@H](Nc1cc(-c2c(F)cc(F)cc2F)nc2ncnn12)C(C)(C)C. The number of hydrogen-bond acceptors (Lipinski definition) is 4. The molecule has 1 atom stereocenters. The zero-order valence-electron chi connectivity index (χ0n) is 14.3. The number of anilines is 1. The summed E-state index contributed by atoms with van der Waals surface area (Å²) in [5.74, 6) is -2.36. The van der Waals surface area contributed by atoms with Crippen molar-refractivity contribution in [3.63, 3.8) is 0 Å². The van der Waals surface area contributed by atoms with E-state index in [1.165, 1.54) is 16.9 Å². The standard InChI is InChI=1S/C17H18F3N5/c1-9(17(2,3)4)23-14-7-13(24-16-21-8-22-25(14)16)15-11(19)5-10(18)6-12(15)20/h5-9,23H,1-4H3/t9-/m1/s1. The van der Waals surface area contributed by atoms with Crippen molar-refractivity contribution in [2.45, 2.75) is 33.7 Å². The van der Waals surface area contributed by atoms with Gasteiger partial charge in [0.1, 0.15) is 29.6 Å². The van der Waals surface area contributed by atoms with Gasteiger partial charge >= 0.3 is 0 Å². The van der Waals surface area contributed by atoms with E-state index in [2.05, 4.69) is 41.2 Å². The molecule has 0 fully saturated rings. The van der Waals surface area contributed by atoms with Gasteiger partial charge in [-0.1, -0.05) is 20.8 Å². The Kier molecular flexibility index (Phi) is 4.14. The van der Waals surface area contributed by atoms with E-state index in [4.69, 9.17) is 0 Å². The molecule has 0 aliphatic heterocycles. The van der Waals surface area contributed by atoms with E-state index in [0.29, 0.717) is 18.0 Å². The van der Waals surface area contributed by atoms with Crippen molar-refractivity contribution in [1.82, 2.24) is 19.6 Å². The maximum atomic E-state index is 14.1. The Labute approximate surface area is 142 Å². The van der Waals surface area contributed by atoms with Crippen LogP contribution in [-0.2, 0) is 0 Å². The number of rotatable bonds is 3. The molecule has 0 aliphatic carbocycles. The Morgan fingerprint density at radius 3 is 2.32 bits per heavy atom. The van der Waals surface area contributed by atoms with Crippen LogP contribution in [0.5, 0.6) is 0 Å². The first-order valence-electron chi connectivity index (χ1n) is 7.79. The zero-order chi connectivity index (χ0) is 18.4. The second-order valence-corrected chi connectivity index (χ2v) is 6.97. The van der Waals surface area contributed by atoms with Crippen molar-refractivity contribution < 1.29 is 13.2 Å². The van der Waals surface area contributed by atoms with Gasteiger partial charge in [-0.25, -0.2) is 18.2 Å². The number of nitrogens with one attached hydrogen (secondary N) is 1. The number of hydrogen-bond donors (Lipinski definition) is 1. The zero-order valence-corrected chi connectivity index (χ0v) is 14.3. The van der Waals surface area contributed by atoms with Crippen molar-refractivity contribution in [3.05, 3.63) is 42.0 Å². The van der Waals surface area contributed by atoms with Gasteiger partial charge in [0.2, 0.25) is 0 Å². The van der Waals surface area contributed by atoms with E-state index >= 15 is 0 Å². The summed E-state index contributed by atoms with van der Waals surface area (Å²) >= 11 is 0. The van der Waals surface area contributed by atoms with Gasteiger partial charge in [0.05, 0.1) is 11.3 Å². The molecule has 3 aromatic rings. The van der Waals surface area contributed by atoms with Gasteiger partial charge in [-0.2, -0.15) is 14.6 Å². The highest BCUT2D eigenvalue weighted by Gasteiger charge is 2.23. The molecule has 1 N–H and O–H groups in total. The molecule has 132 valence electrons. The minimum absolute atomic E-state index is 0.0131. The minimum Gasteiger partial charge on any atom is -0.367 e. The van der Waals surface area contributed by atoms with E-state index < -0.39 is 23.0 Å². The molecule has 0 unspecified atom stereocenters. The first-order chi connectivity index (χ1) is 11.7. The lowest BCUT2D eigenvalue weighted by molar-refractivity contribution is 0.358. The van der Waals surface area contributed by atoms with E-state index in [9.17, 15) is 13.2 Å². The highest BCUT2D eigenvalue weighted by molar-refractivity contribution is 5.66. The van der Waals surface area contributed by atoms with Crippen LogP contribution in [0.2, 0.25) is 0 Å². The molecule has 0 bridgehead atoms. The number of benzene rings is 1. The van der Waals surface area contributed by atoms with Crippen LogP contribution in [0.1, 0.15) is 27.7 Å². The van der Waals surface area contributed by atoms with Gasteiger partial charge < -0.3 is 5.32 Å². The smallest absolute Gasteiger partial charge is 0.254 e. The summed E-state index contributed by atoms with van der Waals surface area (Å²) < 4.78 is 42.9. The molecule has 2 aromatic heterocycles. The fraction of sp³-hybridized carbons (Fsp3) is 0.353. The van der Waals surface area contributed by atoms with Crippen LogP contribution >= 0.6 is 0 Å². The molecule has 25 heavy (non-hydrogen) atoms.